The average Bonchev–Trinajstić information content (AvgIpc) is 3.14. The van der Waals surface area contributed by atoms with E-state index in [9.17, 15) is 0 Å². The molecule has 0 saturated heterocycles. The monoisotopic (exact) mass is 233 g/mol. The van der Waals surface area contributed by atoms with E-state index in [0.29, 0.717) is 5.92 Å². The van der Waals surface area contributed by atoms with Crippen LogP contribution >= 0.6 is 0 Å². The van der Waals surface area contributed by atoms with E-state index in [0.717, 1.165) is 25.6 Å². The van der Waals surface area contributed by atoms with E-state index in [1.54, 1.807) is 7.11 Å². The predicted molar refractivity (Wildman–Crippen MR) is 71.2 cm³/mol. The van der Waals surface area contributed by atoms with Crippen LogP contribution in [0.15, 0.2) is 24.3 Å². The van der Waals surface area contributed by atoms with Crippen LogP contribution in [0.2, 0.25) is 0 Å². The molecule has 0 aromatic heterocycles. The van der Waals surface area contributed by atoms with Crippen LogP contribution in [0.5, 0.6) is 0 Å². The molecule has 1 aromatic carbocycles. The van der Waals surface area contributed by atoms with Gasteiger partial charge in [0.05, 0.1) is 0 Å². The zero-order chi connectivity index (χ0) is 12.1. The molecule has 2 rings (SSSR count). The highest BCUT2D eigenvalue weighted by molar-refractivity contribution is 5.27. The van der Waals surface area contributed by atoms with E-state index >= 15 is 0 Å². The maximum absolute atomic E-state index is 5.12. The van der Waals surface area contributed by atoms with Crippen LogP contribution in [0.4, 0.5) is 0 Å². The molecule has 0 amide bonds. The Labute approximate surface area is 104 Å². The summed E-state index contributed by atoms with van der Waals surface area (Å²) in [6.07, 6.45) is 2.76. The Morgan fingerprint density at radius 2 is 2.00 bits per heavy atom. The zero-order valence-electron chi connectivity index (χ0n) is 10.9. The quantitative estimate of drug-likeness (QED) is 0.782. The number of hydrogen-bond acceptors (Lipinski definition) is 2. The second-order valence-corrected chi connectivity index (χ2v) is 5.21. The van der Waals surface area contributed by atoms with E-state index in [4.69, 9.17) is 4.74 Å². The summed E-state index contributed by atoms with van der Waals surface area (Å²) in [5.74, 6) is 1.43. The summed E-state index contributed by atoms with van der Waals surface area (Å²) in [5.41, 5.74) is 2.89. The molecule has 0 radical (unpaired) electrons. The van der Waals surface area contributed by atoms with Crippen molar-refractivity contribution in [3.05, 3.63) is 35.4 Å². The molecule has 1 N–H and O–H groups in total. The lowest BCUT2D eigenvalue weighted by atomic mass is 10.1. The van der Waals surface area contributed by atoms with Crippen LogP contribution < -0.4 is 5.32 Å². The SMILES string of the molecule is COCC(C)CNCc1ccc(C2CC2)cc1. The largest absolute Gasteiger partial charge is 0.384 e. The third-order valence-electron chi connectivity index (χ3n) is 3.30. The van der Waals surface area contributed by atoms with Gasteiger partial charge in [0.1, 0.15) is 0 Å². The number of ether oxygens (including phenoxy) is 1. The highest BCUT2D eigenvalue weighted by Crippen LogP contribution is 2.39. The molecule has 0 aliphatic heterocycles. The molecular weight excluding hydrogens is 210 g/mol. The first-order chi connectivity index (χ1) is 8.29. The van der Waals surface area contributed by atoms with Crippen molar-refractivity contribution in [1.82, 2.24) is 5.32 Å². The summed E-state index contributed by atoms with van der Waals surface area (Å²) in [4.78, 5) is 0. The average molecular weight is 233 g/mol. The molecule has 94 valence electrons. The smallest absolute Gasteiger partial charge is 0.0499 e. The van der Waals surface area contributed by atoms with Gasteiger partial charge in [0.25, 0.3) is 0 Å². The molecule has 1 fully saturated rings. The Balaban J connectivity index is 1.71. The minimum atomic E-state index is 0.575. The Kier molecular flexibility index (Phi) is 4.57. The molecule has 1 aromatic rings. The lowest BCUT2D eigenvalue weighted by molar-refractivity contribution is 0.158. The maximum Gasteiger partial charge on any atom is 0.0499 e. The molecular formula is C15H23NO. The topological polar surface area (TPSA) is 21.3 Å². The molecule has 0 bridgehead atoms. The van der Waals surface area contributed by atoms with Crippen LogP contribution in [-0.2, 0) is 11.3 Å². The Bertz CT molecular complexity index is 329. The molecule has 0 spiro atoms. The summed E-state index contributed by atoms with van der Waals surface area (Å²) in [5, 5.41) is 3.47. The van der Waals surface area contributed by atoms with Crippen molar-refractivity contribution in [2.75, 3.05) is 20.3 Å². The van der Waals surface area contributed by atoms with Crippen molar-refractivity contribution in [2.45, 2.75) is 32.2 Å². The van der Waals surface area contributed by atoms with E-state index < -0.39 is 0 Å². The lowest BCUT2D eigenvalue weighted by Gasteiger charge is -2.11. The van der Waals surface area contributed by atoms with Gasteiger partial charge in [0.15, 0.2) is 0 Å². The van der Waals surface area contributed by atoms with Crippen molar-refractivity contribution in [3.63, 3.8) is 0 Å². The van der Waals surface area contributed by atoms with Gasteiger partial charge in [0.2, 0.25) is 0 Å². The van der Waals surface area contributed by atoms with E-state index in [1.807, 2.05) is 0 Å². The molecule has 1 unspecified atom stereocenters. The Morgan fingerprint density at radius 1 is 1.29 bits per heavy atom. The van der Waals surface area contributed by atoms with Gasteiger partial charge < -0.3 is 10.1 Å². The van der Waals surface area contributed by atoms with E-state index in [2.05, 4.69) is 36.5 Å². The van der Waals surface area contributed by atoms with Gasteiger partial charge in [-0.15, -0.1) is 0 Å². The van der Waals surface area contributed by atoms with Gasteiger partial charge in [-0.1, -0.05) is 31.2 Å². The van der Waals surface area contributed by atoms with Crippen LogP contribution in [0.25, 0.3) is 0 Å². The molecule has 1 aliphatic carbocycles. The maximum atomic E-state index is 5.12. The normalized spacial score (nSPS) is 17.1. The first-order valence-electron chi connectivity index (χ1n) is 6.58. The fourth-order valence-electron chi connectivity index (χ4n) is 2.13. The van der Waals surface area contributed by atoms with Crippen molar-refractivity contribution in [2.24, 2.45) is 5.92 Å². The number of methoxy groups -OCH3 is 1. The number of hydrogen-bond donors (Lipinski definition) is 1. The molecule has 1 atom stereocenters. The summed E-state index contributed by atoms with van der Waals surface area (Å²) in [7, 11) is 1.76. The van der Waals surface area contributed by atoms with Gasteiger partial charge >= 0.3 is 0 Å². The highest BCUT2D eigenvalue weighted by Gasteiger charge is 2.22. The second kappa shape index (κ2) is 6.18. The first-order valence-corrected chi connectivity index (χ1v) is 6.58. The summed E-state index contributed by atoms with van der Waals surface area (Å²) in [6.45, 7) is 5.00. The fourth-order valence-corrected chi connectivity index (χ4v) is 2.13. The molecule has 2 heteroatoms. The first kappa shape index (κ1) is 12.6. The van der Waals surface area contributed by atoms with Crippen molar-refractivity contribution in [3.8, 4) is 0 Å². The fraction of sp³-hybridized carbons (Fsp3) is 0.600. The Morgan fingerprint density at radius 3 is 2.59 bits per heavy atom. The Hall–Kier alpha value is -0.860. The molecule has 2 nitrogen and oxygen atoms in total. The second-order valence-electron chi connectivity index (χ2n) is 5.21. The van der Waals surface area contributed by atoms with Crippen LogP contribution in [0, 0.1) is 5.92 Å². The molecule has 1 aliphatic rings. The lowest BCUT2D eigenvalue weighted by Crippen LogP contribution is -2.23. The molecule has 0 heterocycles. The van der Waals surface area contributed by atoms with E-state index in [1.165, 1.54) is 24.0 Å². The van der Waals surface area contributed by atoms with Gasteiger partial charge in [0, 0.05) is 26.8 Å². The number of rotatable bonds is 7. The van der Waals surface area contributed by atoms with Gasteiger partial charge in [-0.05, 0) is 35.8 Å². The van der Waals surface area contributed by atoms with Crippen LogP contribution in [0.3, 0.4) is 0 Å². The van der Waals surface area contributed by atoms with Crippen molar-refractivity contribution < 1.29 is 4.74 Å². The van der Waals surface area contributed by atoms with Gasteiger partial charge in [-0.25, -0.2) is 0 Å². The number of nitrogens with one attached hydrogen (secondary N) is 1. The minimum Gasteiger partial charge on any atom is -0.384 e. The third kappa shape index (κ3) is 4.14. The van der Waals surface area contributed by atoms with Gasteiger partial charge in [-0.2, -0.15) is 0 Å². The summed E-state index contributed by atoms with van der Waals surface area (Å²) >= 11 is 0. The van der Waals surface area contributed by atoms with Gasteiger partial charge in [-0.3, -0.25) is 0 Å². The predicted octanol–water partition coefficient (Wildman–Crippen LogP) is 2.94. The van der Waals surface area contributed by atoms with Crippen molar-refractivity contribution >= 4 is 0 Å². The molecule has 17 heavy (non-hydrogen) atoms. The minimum absolute atomic E-state index is 0.575. The third-order valence-corrected chi connectivity index (χ3v) is 3.30. The number of benzene rings is 1. The van der Waals surface area contributed by atoms with Crippen LogP contribution in [0.1, 0.15) is 36.8 Å². The zero-order valence-corrected chi connectivity index (χ0v) is 10.9. The van der Waals surface area contributed by atoms with E-state index in [-0.39, 0.29) is 0 Å². The highest BCUT2D eigenvalue weighted by atomic mass is 16.5. The summed E-state index contributed by atoms with van der Waals surface area (Å²) in [6, 6.07) is 9.07. The molecule has 1 saturated carbocycles. The summed E-state index contributed by atoms with van der Waals surface area (Å²) < 4.78 is 5.12. The standard InChI is InChI=1S/C15H23NO/c1-12(11-17-2)9-16-10-13-3-5-14(6-4-13)15-7-8-15/h3-6,12,15-16H,7-11H2,1-2H3. The van der Waals surface area contributed by atoms with Crippen molar-refractivity contribution in [1.29, 1.82) is 0 Å². The van der Waals surface area contributed by atoms with Crippen LogP contribution in [-0.4, -0.2) is 20.3 Å².